The zero-order valence-corrected chi connectivity index (χ0v) is 23.6. The quantitative estimate of drug-likeness (QED) is 0.514. The SMILES string of the molecule is CN(C)C1(c2ccccc2)CCC2(CC1)CC(=O)N(CCC1(C(=O)O)CCS(=O)(=O)CC1)C2.O=C(O)C(F)(F)F. The summed E-state index contributed by atoms with van der Waals surface area (Å²) in [5, 5.41) is 17.0. The number of aliphatic carboxylic acids is 2. The van der Waals surface area contributed by atoms with Crippen molar-refractivity contribution in [3.8, 4) is 0 Å². The standard InChI is InChI=1S/C25H36N2O5S.C2HF3O2/c1-26(2)25(20-6-4-3-5-7-20)10-8-23(9-11-25)18-21(28)27(19-23)15-12-24(22(29)30)13-16-33(31,32)17-14-24;3-2(4,5)1(6)7/h3-7H,8-19H2,1-2H3,(H,29,30);(H,6,7). The summed E-state index contributed by atoms with van der Waals surface area (Å²) in [4.78, 5) is 38.0. The molecule has 0 bridgehead atoms. The molecule has 0 unspecified atom stereocenters. The number of rotatable bonds is 6. The van der Waals surface area contributed by atoms with Gasteiger partial charge in [0.1, 0.15) is 9.84 Å². The van der Waals surface area contributed by atoms with Crippen LogP contribution in [-0.4, -0.2) is 91.1 Å². The molecule has 224 valence electrons. The molecule has 3 fully saturated rings. The predicted molar refractivity (Wildman–Crippen MR) is 140 cm³/mol. The Kier molecular flexibility index (Phi) is 9.29. The van der Waals surface area contributed by atoms with Crippen molar-refractivity contribution in [2.45, 2.75) is 63.1 Å². The molecular weight excluding hydrogens is 553 g/mol. The fourth-order valence-corrected chi connectivity index (χ4v) is 7.91. The molecule has 3 aliphatic rings. The summed E-state index contributed by atoms with van der Waals surface area (Å²) in [6, 6.07) is 10.6. The minimum absolute atomic E-state index is 0.0239. The molecule has 2 saturated heterocycles. The Morgan fingerprint density at radius 2 is 1.50 bits per heavy atom. The number of carboxylic acid groups (broad SMARTS) is 2. The van der Waals surface area contributed by atoms with Gasteiger partial charge in [-0.25, -0.2) is 13.2 Å². The van der Waals surface area contributed by atoms with Crippen molar-refractivity contribution >= 4 is 27.7 Å². The van der Waals surface area contributed by atoms with Crippen LogP contribution < -0.4 is 0 Å². The Labute approximate surface area is 232 Å². The Bertz CT molecular complexity index is 1180. The Balaban J connectivity index is 0.000000559. The normalized spacial score (nSPS) is 25.4. The fraction of sp³-hybridized carbons (Fsp3) is 0.667. The van der Waals surface area contributed by atoms with Crippen molar-refractivity contribution in [3.63, 3.8) is 0 Å². The van der Waals surface area contributed by atoms with E-state index in [0.29, 0.717) is 25.9 Å². The molecule has 1 aromatic rings. The number of hydrogen-bond donors (Lipinski definition) is 2. The number of hydrogen-bond acceptors (Lipinski definition) is 6. The first-order valence-corrected chi connectivity index (χ1v) is 15.0. The minimum atomic E-state index is -5.08. The van der Waals surface area contributed by atoms with Crippen molar-refractivity contribution in [3.05, 3.63) is 35.9 Å². The van der Waals surface area contributed by atoms with E-state index in [0.717, 1.165) is 25.7 Å². The molecule has 1 spiro atoms. The maximum atomic E-state index is 12.9. The van der Waals surface area contributed by atoms with Gasteiger partial charge in [0.2, 0.25) is 5.91 Å². The van der Waals surface area contributed by atoms with Crippen LogP contribution in [0.3, 0.4) is 0 Å². The molecule has 0 aromatic heterocycles. The first-order valence-electron chi connectivity index (χ1n) is 13.2. The van der Waals surface area contributed by atoms with E-state index in [1.54, 1.807) is 0 Å². The zero-order valence-electron chi connectivity index (χ0n) is 22.7. The molecule has 0 atom stereocenters. The second kappa shape index (κ2) is 11.7. The number of amides is 1. The first-order chi connectivity index (χ1) is 18.5. The van der Waals surface area contributed by atoms with E-state index in [-0.39, 0.29) is 41.2 Å². The summed E-state index contributed by atoms with van der Waals surface area (Å²) < 4.78 is 55.4. The highest BCUT2D eigenvalue weighted by atomic mass is 32.2. The molecule has 1 aliphatic carbocycles. The molecule has 2 aliphatic heterocycles. The van der Waals surface area contributed by atoms with Crippen LogP contribution in [0.25, 0.3) is 0 Å². The van der Waals surface area contributed by atoms with E-state index in [1.165, 1.54) is 5.56 Å². The van der Waals surface area contributed by atoms with Crippen LogP contribution in [-0.2, 0) is 29.8 Å². The topological polar surface area (TPSA) is 132 Å². The van der Waals surface area contributed by atoms with Crippen LogP contribution in [0.2, 0.25) is 0 Å². The number of likely N-dealkylation sites (tertiary alicyclic amines) is 1. The Morgan fingerprint density at radius 1 is 0.975 bits per heavy atom. The number of sulfone groups is 1. The van der Waals surface area contributed by atoms with E-state index in [1.807, 2.05) is 11.0 Å². The predicted octanol–water partition coefficient (Wildman–Crippen LogP) is 3.54. The highest BCUT2D eigenvalue weighted by molar-refractivity contribution is 7.91. The molecule has 1 amide bonds. The highest BCUT2D eigenvalue weighted by Crippen LogP contribution is 2.52. The molecule has 9 nitrogen and oxygen atoms in total. The molecule has 1 saturated carbocycles. The Morgan fingerprint density at radius 3 is 1.95 bits per heavy atom. The van der Waals surface area contributed by atoms with E-state index < -0.39 is 33.4 Å². The molecular formula is C27H37F3N2O7S. The average molecular weight is 591 g/mol. The summed E-state index contributed by atoms with van der Waals surface area (Å²) in [6.07, 6.45) is -0.0506. The lowest BCUT2D eigenvalue weighted by Gasteiger charge is -2.49. The Hall–Kier alpha value is -2.67. The molecule has 0 radical (unpaired) electrons. The van der Waals surface area contributed by atoms with E-state index in [9.17, 15) is 36.3 Å². The van der Waals surface area contributed by atoms with Crippen molar-refractivity contribution in [1.29, 1.82) is 0 Å². The average Bonchev–Trinajstić information content (AvgIpc) is 3.19. The van der Waals surface area contributed by atoms with Crippen molar-refractivity contribution in [2.24, 2.45) is 10.8 Å². The number of nitrogens with zero attached hydrogens (tertiary/aromatic N) is 2. The summed E-state index contributed by atoms with van der Waals surface area (Å²) >= 11 is 0. The highest BCUT2D eigenvalue weighted by Gasteiger charge is 2.51. The van der Waals surface area contributed by atoms with Gasteiger partial charge >= 0.3 is 18.1 Å². The maximum absolute atomic E-state index is 12.9. The van der Waals surface area contributed by atoms with Gasteiger partial charge in [-0.3, -0.25) is 14.5 Å². The summed E-state index contributed by atoms with van der Waals surface area (Å²) in [5.41, 5.74) is 0.213. The molecule has 2 N–H and O–H groups in total. The minimum Gasteiger partial charge on any atom is -0.481 e. The lowest BCUT2D eigenvalue weighted by atomic mass is 9.64. The summed E-state index contributed by atoms with van der Waals surface area (Å²) in [5.74, 6) is -3.74. The van der Waals surface area contributed by atoms with Crippen LogP contribution in [0.15, 0.2) is 30.3 Å². The van der Waals surface area contributed by atoms with Gasteiger partial charge in [-0.05, 0) is 70.0 Å². The zero-order chi connectivity index (χ0) is 30.0. The van der Waals surface area contributed by atoms with Crippen molar-refractivity contribution in [1.82, 2.24) is 9.80 Å². The molecule has 40 heavy (non-hydrogen) atoms. The van der Waals surface area contributed by atoms with Crippen LogP contribution in [0.1, 0.15) is 56.9 Å². The van der Waals surface area contributed by atoms with Gasteiger partial charge < -0.3 is 15.1 Å². The fourth-order valence-electron chi connectivity index (χ4n) is 6.31. The number of alkyl halides is 3. The number of carboxylic acids is 2. The lowest BCUT2D eigenvalue weighted by Crippen LogP contribution is -2.47. The summed E-state index contributed by atoms with van der Waals surface area (Å²) in [6.45, 7) is 1.07. The van der Waals surface area contributed by atoms with Crippen LogP contribution in [0.4, 0.5) is 13.2 Å². The second-order valence-electron chi connectivity index (χ2n) is 11.6. The van der Waals surface area contributed by atoms with Crippen LogP contribution in [0.5, 0.6) is 0 Å². The third kappa shape index (κ3) is 6.96. The monoisotopic (exact) mass is 590 g/mol. The van der Waals surface area contributed by atoms with E-state index in [4.69, 9.17) is 9.90 Å². The van der Waals surface area contributed by atoms with Crippen molar-refractivity contribution in [2.75, 3.05) is 38.7 Å². The van der Waals surface area contributed by atoms with Gasteiger partial charge in [-0.15, -0.1) is 0 Å². The number of carbonyl (C=O) groups excluding carboxylic acids is 1. The maximum Gasteiger partial charge on any atom is 0.490 e. The van der Waals surface area contributed by atoms with Gasteiger partial charge in [0.15, 0.2) is 0 Å². The van der Waals surface area contributed by atoms with Gasteiger partial charge in [0.25, 0.3) is 0 Å². The molecule has 2 heterocycles. The van der Waals surface area contributed by atoms with Crippen LogP contribution in [0, 0.1) is 10.8 Å². The van der Waals surface area contributed by atoms with Gasteiger partial charge in [-0.1, -0.05) is 30.3 Å². The van der Waals surface area contributed by atoms with Crippen LogP contribution >= 0.6 is 0 Å². The van der Waals surface area contributed by atoms with Gasteiger partial charge in [0, 0.05) is 25.0 Å². The van der Waals surface area contributed by atoms with E-state index in [2.05, 4.69) is 43.3 Å². The smallest absolute Gasteiger partial charge is 0.481 e. The molecule has 4 rings (SSSR count). The summed E-state index contributed by atoms with van der Waals surface area (Å²) in [7, 11) is 1.12. The number of halogens is 3. The first kappa shape index (κ1) is 31.9. The lowest BCUT2D eigenvalue weighted by molar-refractivity contribution is -0.192. The van der Waals surface area contributed by atoms with Crippen molar-refractivity contribution < 1.29 is 46.2 Å². The largest absolute Gasteiger partial charge is 0.490 e. The third-order valence-corrected chi connectivity index (χ3v) is 10.7. The van der Waals surface area contributed by atoms with Gasteiger partial charge in [-0.2, -0.15) is 13.2 Å². The second-order valence-corrected chi connectivity index (χ2v) is 13.9. The third-order valence-electron chi connectivity index (χ3n) is 9.05. The number of carbonyl (C=O) groups is 3. The number of benzene rings is 1. The van der Waals surface area contributed by atoms with E-state index >= 15 is 0 Å². The molecule has 13 heteroatoms. The van der Waals surface area contributed by atoms with Gasteiger partial charge in [0.05, 0.1) is 16.9 Å². The molecule has 1 aromatic carbocycles.